The molecule has 3 N–H and O–H groups in total. The van der Waals surface area contributed by atoms with E-state index in [2.05, 4.69) is 9.82 Å². The number of rotatable bonds is 4. The van der Waals surface area contributed by atoms with Crippen molar-refractivity contribution in [1.29, 1.82) is 5.26 Å². The van der Waals surface area contributed by atoms with Crippen LogP contribution in [0.4, 0.5) is 5.69 Å². The molecule has 2 rings (SSSR count). The Hall–Kier alpha value is -2.37. The molecular formula is C12H13N5O2S. The molecule has 0 saturated carbocycles. The minimum Gasteiger partial charge on any atom is -0.398 e. The number of sulfonamides is 1. The maximum absolute atomic E-state index is 12.1. The number of anilines is 1. The molecule has 20 heavy (non-hydrogen) atoms. The summed E-state index contributed by atoms with van der Waals surface area (Å²) in [5.74, 6) is 0. The van der Waals surface area contributed by atoms with Crippen LogP contribution in [0.15, 0.2) is 35.5 Å². The number of nitrogens with zero attached hydrogens (tertiary/aromatic N) is 3. The number of hydrogen-bond acceptors (Lipinski definition) is 5. The maximum Gasteiger partial charge on any atom is 0.242 e. The van der Waals surface area contributed by atoms with E-state index in [1.54, 1.807) is 24.1 Å². The molecule has 0 amide bonds. The van der Waals surface area contributed by atoms with Crippen LogP contribution in [0.3, 0.4) is 0 Å². The first-order valence-corrected chi connectivity index (χ1v) is 7.17. The molecule has 0 saturated heterocycles. The summed E-state index contributed by atoms with van der Waals surface area (Å²) in [7, 11) is -1.98. The lowest BCUT2D eigenvalue weighted by Crippen LogP contribution is -2.24. The molecule has 104 valence electrons. The van der Waals surface area contributed by atoms with Crippen LogP contribution in [0.2, 0.25) is 0 Å². The summed E-state index contributed by atoms with van der Waals surface area (Å²) in [5.41, 5.74) is 6.77. The summed E-state index contributed by atoms with van der Waals surface area (Å²) in [5, 5.41) is 12.7. The molecule has 1 aromatic carbocycles. The van der Waals surface area contributed by atoms with Gasteiger partial charge in [-0.05, 0) is 18.2 Å². The first-order valence-electron chi connectivity index (χ1n) is 5.69. The lowest BCUT2D eigenvalue weighted by atomic mass is 10.2. The Bertz CT molecular complexity index is 773. The first-order chi connectivity index (χ1) is 9.42. The molecule has 0 aliphatic heterocycles. The van der Waals surface area contributed by atoms with E-state index in [0.29, 0.717) is 5.56 Å². The van der Waals surface area contributed by atoms with Crippen molar-refractivity contribution in [3.63, 3.8) is 0 Å². The Balaban J connectivity index is 2.20. The summed E-state index contributed by atoms with van der Waals surface area (Å²) in [4.78, 5) is -0.0413. The third-order valence-corrected chi connectivity index (χ3v) is 4.13. The van der Waals surface area contributed by atoms with Gasteiger partial charge in [0.1, 0.15) is 4.90 Å². The van der Waals surface area contributed by atoms with Crippen molar-refractivity contribution in [3.05, 3.63) is 41.7 Å². The van der Waals surface area contributed by atoms with Crippen LogP contribution in [-0.2, 0) is 23.6 Å². The Morgan fingerprint density at radius 1 is 1.50 bits per heavy atom. The Morgan fingerprint density at radius 2 is 2.25 bits per heavy atom. The van der Waals surface area contributed by atoms with Crippen molar-refractivity contribution in [2.45, 2.75) is 11.4 Å². The molecule has 0 unspecified atom stereocenters. The van der Waals surface area contributed by atoms with Crippen molar-refractivity contribution < 1.29 is 8.42 Å². The average molecular weight is 291 g/mol. The van der Waals surface area contributed by atoms with E-state index in [1.165, 1.54) is 18.2 Å². The monoisotopic (exact) mass is 291 g/mol. The van der Waals surface area contributed by atoms with Gasteiger partial charge in [-0.3, -0.25) is 4.68 Å². The van der Waals surface area contributed by atoms with Crippen LogP contribution in [0, 0.1) is 11.3 Å². The highest BCUT2D eigenvalue weighted by Gasteiger charge is 2.17. The fourth-order valence-corrected chi connectivity index (χ4v) is 2.81. The van der Waals surface area contributed by atoms with Gasteiger partial charge in [0.2, 0.25) is 10.0 Å². The van der Waals surface area contributed by atoms with Gasteiger partial charge in [-0.2, -0.15) is 10.4 Å². The second kappa shape index (κ2) is 5.32. The van der Waals surface area contributed by atoms with Crippen molar-refractivity contribution in [3.8, 4) is 6.07 Å². The lowest BCUT2D eigenvalue weighted by molar-refractivity contribution is 0.581. The van der Waals surface area contributed by atoms with Crippen LogP contribution < -0.4 is 10.5 Å². The van der Waals surface area contributed by atoms with E-state index >= 15 is 0 Å². The first kappa shape index (κ1) is 14.0. The van der Waals surface area contributed by atoms with E-state index in [9.17, 15) is 8.42 Å². The van der Waals surface area contributed by atoms with Crippen LogP contribution in [0.5, 0.6) is 0 Å². The van der Waals surface area contributed by atoms with Gasteiger partial charge < -0.3 is 5.73 Å². The summed E-state index contributed by atoms with van der Waals surface area (Å²) >= 11 is 0. The van der Waals surface area contributed by atoms with E-state index in [1.807, 2.05) is 6.07 Å². The largest absolute Gasteiger partial charge is 0.398 e. The Morgan fingerprint density at radius 3 is 2.80 bits per heavy atom. The van der Waals surface area contributed by atoms with Gasteiger partial charge in [-0.25, -0.2) is 13.1 Å². The van der Waals surface area contributed by atoms with Gasteiger partial charge in [0.05, 0.1) is 23.5 Å². The summed E-state index contributed by atoms with van der Waals surface area (Å²) in [6.07, 6.45) is 3.29. The summed E-state index contributed by atoms with van der Waals surface area (Å²) in [6.45, 7) is 0.121. The second-order valence-corrected chi connectivity index (χ2v) is 5.95. The van der Waals surface area contributed by atoms with E-state index < -0.39 is 10.0 Å². The quantitative estimate of drug-likeness (QED) is 0.789. The molecule has 0 aliphatic rings. The maximum atomic E-state index is 12.1. The van der Waals surface area contributed by atoms with Crippen LogP contribution in [0.25, 0.3) is 0 Å². The highest BCUT2D eigenvalue weighted by molar-refractivity contribution is 7.89. The molecule has 0 atom stereocenters. The van der Waals surface area contributed by atoms with Crippen LogP contribution in [-0.4, -0.2) is 18.2 Å². The molecule has 0 aliphatic carbocycles. The third-order valence-electron chi connectivity index (χ3n) is 2.65. The SMILES string of the molecule is Cn1cc(CNS(=O)(=O)c2ccc(C#N)cc2N)cn1. The zero-order chi connectivity index (χ0) is 14.8. The zero-order valence-corrected chi connectivity index (χ0v) is 11.6. The molecule has 0 spiro atoms. The van der Waals surface area contributed by atoms with E-state index in [0.717, 1.165) is 5.56 Å². The Labute approximate surface area is 116 Å². The summed E-state index contributed by atoms with van der Waals surface area (Å²) in [6, 6.07) is 5.96. The minimum atomic E-state index is -3.73. The molecular weight excluding hydrogens is 278 g/mol. The highest BCUT2D eigenvalue weighted by Crippen LogP contribution is 2.19. The highest BCUT2D eigenvalue weighted by atomic mass is 32.2. The normalized spacial score (nSPS) is 11.2. The predicted molar refractivity (Wildman–Crippen MR) is 72.8 cm³/mol. The number of nitrogens with two attached hydrogens (primary N) is 1. The topological polar surface area (TPSA) is 114 Å². The minimum absolute atomic E-state index is 0.0413. The fourth-order valence-electron chi connectivity index (χ4n) is 1.68. The molecule has 1 aromatic heterocycles. The molecule has 7 nitrogen and oxygen atoms in total. The number of nitrogen functional groups attached to an aromatic ring is 1. The summed E-state index contributed by atoms with van der Waals surface area (Å²) < 4.78 is 28.3. The molecule has 2 aromatic rings. The standard InChI is InChI=1S/C12H13N5O2S/c1-17-8-10(6-15-17)7-16-20(18,19)12-3-2-9(5-13)4-11(12)14/h2-4,6,8,16H,7,14H2,1H3. The van der Waals surface area contributed by atoms with E-state index in [4.69, 9.17) is 11.0 Å². The lowest BCUT2D eigenvalue weighted by Gasteiger charge is -2.08. The number of nitriles is 1. The van der Waals surface area contributed by atoms with Crippen molar-refractivity contribution >= 4 is 15.7 Å². The number of aryl methyl sites for hydroxylation is 1. The van der Waals surface area contributed by atoms with Gasteiger partial charge in [-0.1, -0.05) is 0 Å². The van der Waals surface area contributed by atoms with Gasteiger partial charge in [0, 0.05) is 25.4 Å². The molecule has 1 heterocycles. The number of hydrogen-bond donors (Lipinski definition) is 2. The number of benzene rings is 1. The molecule has 0 bridgehead atoms. The fraction of sp³-hybridized carbons (Fsp3) is 0.167. The van der Waals surface area contributed by atoms with Gasteiger partial charge >= 0.3 is 0 Å². The smallest absolute Gasteiger partial charge is 0.242 e. The average Bonchev–Trinajstić information content (AvgIpc) is 2.82. The molecule has 0 radical (unpaired) electrons. The van der Waals surface area contributed by atoms with Crippen molar-refractivity contribution in [2.24, 2.45) is 7.05 Å². The number of nitrogens with one attached hydrogen (secondary N) is 1. The van der Waals surface area contributed by atoms with Gasteiger partial charge in [0.15, 0.2) is 0 Å². The number of aromatic nitrogens is 2. The Kier molecular flexibility index (Phi) is 3.74. The molecule has 0 fully saturated rings. The van der Waals surface area contributed by atoms with E-state index in [-0.39, 0.29) is 17.1 Å². The van der Waals surface area contributed by atoms with Crippen LogP contribution in [0.1, 0.15) is 11.1 Å². The van der Waals surface area contributed by atoms with Crippen molar-refractivity contribution in [1.82, 2.24) is 14.5 Å². The van der Waals surface area contributed by atoms with Gasteiger partial charge in [-0.15, -0.1) is 0 Å². The third kappa shape index (κ3) is 2.96. The van der Waals surface area contributed by atoms with Gasteiger partial charge in [0.25, 0.3) is 0 Å². The zero-order valence-electron chi connectivity index (χ0n) is 10.7. The predicted octanol–water partition coefficient (Wildman–Crippen LogP) is 0.352. The van der Waals surface area contributed by atoms with Crippen LogP contribution >= 0.6 is 0 Å². The molecule has 8 heteroatoms. The second-order valence-electron chi connectivity index (χ2n) is 4.21. The van der Waals surface area contributed by atoms with Crippen molar-refractivity contribution in [2.75, 3.05) is 5.73 Å².